The van der Waals surface area contributed by atoms with Gasteiger partial charge in [0.2, 0.25) is 12.0 Å². The van der Waals surface area contributed by atoms with Crippen molar-refractivity contribution in [1.29, 1.82) is 0 Å². The molecule has 16 heavy (non-hydrogen) atoms. The van der Waals surface area contributed by atoms with Crippen LogP contribution in [0.5, 0.6) is 5.88 Å². The number of hydrogen-bond acceptors (Lipinski definition) is 5. The maximum atomic E-state index is 9.99. The lowest BCUT2D eigenvalue weighted by atomic mass is 10.2. The molecule has 0 fully saturated rings. The fourth-order valence-corrected chi connectivity index (χ4v) is 1.36. The van der Waals surface area contributed by atoms with Crippen LogP contribution >= 0.6 is 0 Å². The Balaban J connectivity index is 2.43. The molecule has 0 amide bonds. The van der Waals surface area contributed by atoms with Crippen LogP contribution in [0.4, 0.5) is 0 Å². The van der Waals surface area contributed by atoms with Gasteiger partial charge in [0.25, 0.3) is 0 Å². The molecular formula is C11H9N3O2. The summed E-state index contributed by atoms with van der Waals surface area (Å²) in [6.45, 7) is 0.313. The molecule has 2 rings (SSSR count). The summed E-state index contributed by atoms with van der Waals surface area (Å²) in [6, 6.07) is 5.50. The van der Waals surface area contributed by atoms with Crippen molar-refractivity contribution < 1.29 is 9.53 Å². The second-order valence-corrected chi connectivity index (χ2v) is 3.14. The highest BCUT2D eigenvalue weighted by Gasteiger charge is 2.00. The standard InChI is InChI=1S/C11H9N3O2/c1-16-11-6-13-10-4-8(5-12-7-15)2-3-9(10)14-11/h2-4,6H,5H2,1H3. The molecule has 1 aromatic heterocycles. The lowest BCUT2D eigenvalue weighted by Crippen LogP contribution is -1.91. The lowest BCUT2D eigenvalue weighted by molar-refractivity contribution is 0.397. The number of aliphatic imine (C=N–C) groups is 1. The monoisotopic (exact) mass is 215 g/mol. The Bertz CT molecular complexity index is 562. The van der Waals surface area contributed by atoms with Gasteiger partial charge >= 0.3 is 0 Å². The van der Waals surface area contributed by atoms with Crippen LogP contribution in [-0.4, -0.2) is 23.2 Å². The molecule has 1 aromatic carbocycles. The molecule has 1 heterocycles. The summed E-state index contributed by atoms with van der Waals surface area (Å²) in [5, 5.41) is 0. The van der Waals surface area contributed by atoms with Gasteiger partial charge in [-0.3, -0.25) is 0 Å². The van der Waals surface area contributed by atoms with E-state index in [9.17, 15) is 4.79 Å². The average Bonchev–Trinajstić information content (AvgIpc) is 2.35. The quantitative estimate of drug-likeness (QED) is 0.574. The number of isocyanates is 1. The van der Waals surface area contributed by atoms with Gasteiger partial charge in [-0.2, -0.15) is 0 Å². The Morgan fingerprint density at radius 2 is 2.31 bits per heavy atom. The third kappa shape index (κ3) is 2.04. The van der Waals surface area contributed by atoms with Gasteiger partial charge in [0, 0.05) is 0 Å². The molecule has 80 valence electrons. The van der Waals surface area contributed by atoms with E-state index < -0.39 is 0 Å². The van der Waals surface area contributed by atoms with Gasteiger partial charge in [-0.15, -0.1) is 0 Å². The highest BCUT2D eigenvalue weighted by Crippen LogP contribution is 2.15. The third-order valence-corrected chi connectivity index (χ3v) is 2.12. The smallest absolute Gasteiger partial charge is 0.235 e. The zero-order valence-electron chi connectivity index (χ0n) is 8.67. The van der Waals surface area contributed by atoms with E-state index in [4.69, 9.17) is 4.74 Å². The molecule has 5 heteroatoms. The first-order chi connectivity index (χ1) is 7.83. The molecular weight excluding hydrogens is 206 g/mol. The van der Waals surface area contributed by atoms with Gasteiger partial charge in [0.05, 0.1) is 30.9 Å². The highest BCUT2D eigenvalue weighted by atomic mass is 16.5. The second-order valence-electron chi connectivity index (χ2n) is 3.14. The number of fused-ring (bicyclic) bond motifs is 1. The van der Waals surface area contributed by atoms with E-state index in [1.165, 1.54) is 6.08 Å². The minimum absolute atomic E-state index is 0.313. The summed E-state index contributed by atoms with van der Waals surface area (Å²) in [7, 11) is 1.54. The number of rotatable bonds is 3. The van der Waals surface area contributed by atoms with Crippen LogP contribution in [0.15, 0.2) is 29.4 Å². The summed E-state index contributed by atoms with van der Waals surface area (Å²) < 4.78 is 4.97. The van der Waals surface area contributed by atoms with Crippen LogP contribution in [0.25, 0.3) is 11.0 Å². The zero-order valence-corrected chi connectivity index (χ0v) is 8.67. The van der Waals surface area contributed by atoms with Gasteiger partial charge in [0.1, 0.15) is 0 Å². The van der Waals surface area contributed by atoms with Crippen molar-refractivity contribution in [3.05, 3.63) is 30.0 Å². The van der Waals surface area contributed by atoms with Crippen molar-refractivity contribution in [2.24, 2.45) is 4.99 Å². The van der Waals surface area contributed by atoms with Crippen LogP contribution in [0.2, 0.25) is 0 Å². The lowest BCUT2D eigenvalue weighted by Gasteiger charge is -2.01. The highest BCUT2D eigenvalue weighted by molar-refractivity contribution is 5.75. The predicted molar refractivity (Wildman–Crippen MR) is 57.9 cm³/mol. The van der Waals surface area contributed by atoms with Crippen LogP contribution in [0.1, 0.15) is 5.56 Å². The van der Waals surface area contributed by atoms with Crippen molar-refractivity contribution in [3.63, 3.8) is 0 Å². The minimum Gasteiger partial charge on any atom is -0.480 e. The van der Waals surface area contributed by atoms with Gasteiger partial charge in [-0.25, -0.2) is 19.8 Å². The van der Waals surface area contributed by atoms with Crippen molar-refractivity contribution in [1.82, 2.24) is 9.97 Å². The summed E-state index contributed by atoms with van der Waals surface area (Å²) >= 11 is 0. The zero-order chi connectivity index (χ0) is 11.4. The maximum absolute atomic E-state index is 9.99. The SMILES string of the molecule is COc1cnc2cc(CN=C=O)ccc2n1. The second kappa shape index (κ2) is 4.51. The van der Waals surface area contributed by atoms with E-state index in [2.05, 4.69) is 15.0 Å². The molecule has 0 unspecified atom stereocenters. The van der Waals surface area contributed by atoms with Crippen LogP contribution in [0, 0.1) is 0 Å². The molecule has 5 nitrogen and oxygen atoms in total. The van der Waals surface area contributed by atoms with Gasteiger partial charge in [-0.05, 0) is 17.7 Å². The Morgan fingerprint density at radius 3 is 3.06 bits per heavy atom. The molecule has 0 aliphatic heterocycles. The number of hydrogen-bond donors (Lipinski definition) is 0. The Hall–Kier alpha value is -2.26. The first-order valence-electron chi connectivity index (χ1n) is 4.67. The first-order valence-corrected chi connectivity index (χ1v) is 4.67. The fourth-order valence-electron chi connectivity index (χ4n) is 1.36. The average molecular weight is 215 g/mol. The predicted octanol–water partition coefficient (Wildman–Crippen LogP) is 1.47. The summed E-state index contributed by atoms with van der Waals surface area (Å²) in [6.07, 6.45) is 3.05. The molecule has 0 atom stereocenters. The topological polar surface area (TPSA) is 64.4 Å². The van der Waals surface area contributed by atoms with Crippen molar-refractivity contribution in [3.8, 4) is 5.88 Å². The molecule has 0 aliphatic carbocycles. The van der Waals surface area contributed by atoms with Crippen molar-refractivity contribution in [2.45, 2.75) is 6.54 Å². The Labute approximate surface area is 91.8 Å². The molecule has 0 radical (unpaired) electrons. The fraction of sp³-hybridized carbons (Fsp3) is 0.182. The van der Waals surface area contributed by atoms with Gasteiger partial charge in [0.15, 0.2) is 0 Å². The largest absolute Gasteiger partial charge is 0.480 e. The van der Waals surface area contributed by atoms with E-state index >= 15 is 0 Å². The molecule has 0 aliphatic rings. The van der Waals surface area contributed by atoms with Gasteiger partial charge in [-0.1, -0.05) is 6.07 Å². The third-order valence-electron chi connectivity index (χ3n) is 2.12. The number of nitrogens with zero attached hydrogens (tertiary/aromatic N) is 3. The number of carbonyl (C=O) groups excluding carboxylic acids is 1. The minimum atomic E-state index is 0.313. The normalized spacial score (nSPS) is 9.81. The number of aromatic nitrogens is 2. The first kappa shape index (κ1) is 10.3. The van der Waals surface area contributed by atoms with E-state index in [0.717, 1.165) is 16.6 Å². The molecule has 0 spiro atoms. The Morgan fingerprint density at radius 1 is 1.44 bits per heavy atom. The van der Waals surface area contributed by atoms with E-state index in [-0.39, 0.29) is 0 Å². The van der Waals surface area contributed by atoms with E-state index in [1.54, 1.807) is 13.3 Å². The summed E-state index contributed by atoms with van der Waals surface area (Å²) in [4.78, 5) is 21.9. The Kier molecular flexibility index (Phi) is 2.89. The van der Waals surface area contributed by atoms with E-state index in [1.807, 2.05) is 18.2 Å². The molecule has 2 aromatic rings. The molecule has 0 N–H and O–H groups in total. The number of benzene rings is 1. The van der Waals surface area contributed by atoms with Crippen LogP contribution in [0.3, 0.4) is 0 Å². The summed E-state index contributed by atoms with van der Waals surface area (Å²) in [5.74, 6) is 0.478. The van der Waals surface area contributed by atoms with Crippen LogP contribution < -0.4 is 4.74 Å². The number of methoxy groups -OCH3 is 1. The maximum Gasteiger partial charge on any atom is 0.235 e. The molecule has 0 saturated heterocycles. The van der Waals surface area contributed by atoms with E-state index in [0.29, 0.717) is 12.4 Å². The summed E-state index contributed by atoms with van der Waals surface area (Å²) in [5.41, 5.74) is 2.40. The van der Waals surface area contributed by atoms with Crippen LogP contribution in [-0.2, 0) is 11.3 Å². The van der Waals surface area contributed by atoms with Gasteiger partial charge < -0.3 is 4.74 Å². The molecule has 0 saturated carbocycles. The van der Waals surface area contributed by atoms with Crippen molar-refractivity contribution in [2.75, 3.05) is 7.11 Å². The molecule has 0 bridgehead atoms. The number of ether oxygens (including phenoxy) is 1. The van der Waals surface area contributed by atoms with Crippen molar-refractivity contribution >= 4 is 17.1 Å².